The van der Waals surface area contributed by atoms with E-state index in [1.54, 1.807) is 14.2 Å². The Bertz CT molecular complexity index is 671. The standard InChI is InChI=1S/C18H22N2O3/c1-22-16-6-4-3-5-14(16)12-20-18(21)10-8-13-7-9-17(23-2)15(19)11-13/h3-7,9,11H,8,10,12,19H2,1-2H3,(H,20,21). The van der Waals surface area contributed by atoms with Crippen molar-refractivity contribution in [3.05, 3.63) is 53.6 Å². The number of anilines is 1. The van der Waals surface area contributed by atoms with Gasteiger partial charge in [-0.15, -0.1) is 0 Å². The molecule has 2 aromatic carbocycles. The second-order valence-electron chi connectivity index (χ2n) is 5.16. The summed E-state index contributed by atoms with van der Waals surface area (Å²) in [6, 6.07) is 13.2. The molecule has 2 aromatic rings. The summed E-state index contributed by atoms with van der Waals surface area (Å²) in [5.41, 5.74) is 8.41. The van der Waals surface area contributed by atoms with Crippen LogP contribution in [0.1, 0.15) is 17.5 Å². The van der Waals surface area contributed by atoms with Crippen LogP contribution in [0.15, 0.2) is 42.5 Å². The van der Waals surface area contributed by atoms with E-state index >= 15 is 0 Å². The molecule has 5 nitrogen and oxygen atoms in total. The van der Waals surface area contributed by atoms with Gasteiger partial charge in [0.15, 0.2) is 0 Å². The molecule has 0 bridgehead atoms. The second kappa shape index (κ2) is 8.08. The molecule has 0 atom stereocenters. The largest absolute Gasteiger partial charge is 0.496 e. The lowest BCUT2D eigenvalue weighted by atomic mass is 10.1. The Morgan fingerprint density at radius 2 is 1.83 bits per heavy atom. The molecule has 0 fully saturated rings. The summed E-state index contributed by atoms with van der Waals surface area (Å²) in [6.45, 7) is 0.452. The number of amides is 1. The van der Waals surface area contributed by atoms with Crippen LogP contribution in [0.25, 0.3) is 0 Å². The molecule has 5 heteroatoms. The second-order valence-corrected chi connectivity index (χ2v) is 5.16. The zero-order valence-corrected chi connectivity index (χ0v) is 13.5. The number of benzene rings is 2. The molecule has 0 heterocycles. The Balaban J connectivity index is 1.84. The summed E-state index contributed by atoms with van der Waals surface area (Å²) in [5, 5.41) is 2.91. The lowest BCUT2D eigenvalue weighted by Gasteiger charge is -2.10. The summed E-state index contributed by atoms with van der Waals surface area (Å²) >= 11 is 0. The van der Waals surface area contributed by atoms with Crippen LogP contribution in [0, 0.1) is 0 Å². The monoisotopic (exact) mass is 314 g/mol. The first-order valence-electron chi connectivity index (χ1n) is 7.45. The molecule has 0 aliphatic heterocycles. The van der Waals surface area contributed by atoms with Crippen molar-refractivity contribution in [2.45, 2.75) is 19.4 Å². The van der Waals surface area contributed by atoms with Gasteiger partial charge >= 0.3 is 0 Å². The molecule has 23 heavy (non-hydrogen) atoms. The fourth-order valence-electron chi connectivity index (χ4n) is 2.33. The molecule has 0 saturated carbocycles. The maximum atomic E-state index is 12.0. The third-order valence-corrected chi connectivity index (χ3v) is 3.60. The quantitative estimate of drug-likeness (QED) is 0.770. The third kappa shape index (κ3) is 4.64. The van der Waals surface area contributed by atoms with Crippen LogP contribution in [0.3, 0.4) is 0 Å². The highest BCUT2D eigenvalue weighted by atomic mass is 16.5. The molecule has 0 aromatic heterocycles. The lowest BCUT2D eigenvalue weighted by molar-refractivity contribution is -0.121. The Morgan fingerprint density at radius 3 is 2.52 bits per heavy atom. The van der Waals surface area contributed by atoms with E-state index in [-0.39, 0.29) is 5.91 Å². The van der Waals surface area contributed by atoms with Crippen molar-refractivity contribution in [3.8, 4) is 11.5 Å². The van der Waals surface area contributed by atoms with E-state index in [2.05, 4.69) is 5.32 Å². The minimum absolute atomic E-state index is 0.00899. The van der Waals surface area contributed by atoms with Gasteiger partial charge in [-0.25, -0.2) is 0 Å². The highest BCUT2D eigenvalue weighted by Crippen LogP contribution is 2.22. The highest BCUT2D eigenvalue weighted by molar-refractivity contribution is 5.76. The van der Waals surface area contributed by atoms with Crippen molar-refractivity contribution in [1.29, 1.82) is 0 Å². The first-order chi connectivity index (χ1) is 11.1. The van der Waals surface area contributed by atoms with Gasteiger partial charge in [0.25, 0.3) is 0 Å². The molecular weight excluding hydrogens is 292 g/mol. The van der Waals surface area contributed by atoms with Gasteiger partial charge < -0.3 is 20.5 Å². The van der Waals surface area contributed by atoms with Gasteiger partial charge in [-0.05, 0) is 30.2 Å². The molecule has 2 rings (SSSR count). The molecule has 3 N–H and O–H groups in total. The van der Waals surface area contributed by atoms with E-state index in [4.69, 9.17) is 15.2 Å². The predicted octanol–water partition coefficient (Wildman–Crippen LogP) is 2.54. The minimum Gasteiger partial charge on any atom is -0.496 e. The summed E-state index contributed by atoms with van der Waals surface area (Å²) < 4.78 is 10.4. The van der Waals surface area contributed by atoms with Crippen LogP contribution < -0.4 is 20.5 Å². The maximum Gasteiger partial charge on any atom is 0.220 e. The van der Waals surface area contributed by atoms with Crippen molar-refractivity contribution in [3.63, 3.8) is 0 Å². The van der Waals surface area contributed by atoms with Gasteiger partial charge in [0.1, 0.15) is 11.5 Å². The Morgan fingerprint density at radius 1 is 1.09 bits per heavy atom. The average molecular weight is 314 g/mol. The van der Waals surface area contributed by atoms with E-state index in [1.165, 1.54) is 0 Å². The van der Waals surface area contributed by atoms with Crippen LogP contribution in [-0.4, -0.2) is 20.1 Å². The maximum absolute atomic E-state index is 12.0. The van der Waals surface area contributed by atoms with Crippen LogP contribution >= 0.6 is 0 Å². The number of nitrogens with two attached hydrogens (primary N) is 1. The van der Waals surface area contributed by atoms with Crippen molar-refractivity contribution in [1.82, 2.24) is 5.32 Å². The van der Waals surface area contributed by atoms with E-state index in [0.29, 0.717) is 30.8 Å². The van der Waals surface area contributed by atoms with Crippen LogP contribution in [0.2, 0.25) is 0 Å². The molecule has 0 aliphatic carbocycles. The first-order valence-corrected chi connectivity index (χ1v) is 7.45. The Labute approximate surface area is 136 Å². The van der Waals surface area contributed by atoms with Crippen molar-refractivity contribution >= 4 is 11.6 Å². The van der Waals surface area contributed by atoms with Crippen LogP contribution in [-0.2, 0) is 17.8 Å². The summed E-state index contributed by atoms with van der Waals surface area (Å²) in [7, 11) is 3.20. The normalized spacial score (nSPS) is 10.2. The van der Waals surface area contributed by atoms with E-state index in [0.717, 1.165) is 16.9 Å². The Hall–Kier alpha value is -2.69. The average Bonchev–Trinajstić information content (AvgIpc) is 2.58. The van der Waals surface area contributed by atoms with E-state index in [9.17, 15) is 4.79 Å². The number of hydrogen-bond acceptors (Lipinski definition) is 4. The molecular formula is C18H22N2O3. The van der Waals surface area contributed by atoms with Crippen molar-refractivity contribution in [2.24, 2.45) is 0 Å². The van der Waals surface area contributed by atoms with Gasteiger partial charge in [0, 0.05) is 18.5 Å². The first kappa shape index (κ1) is 16.7. The molecule has 1 amide bonds. The number of hydrogen-bond donors (Lipinski definition) is 2. The number of nitrogens with one attached hydrogen (secondary N) is 1. The molecule has 0 radical (unpaired) electrons. The number of ether oxygens (including phenoxy) is 2. The molecule has 0 saturated heterocycles. The number of carbonyl (C=O) groups is 1. The van der Waals surface area contributed by atoms with Gasteiger partial charge in [0.05, 0.1) is 19.9 Å². The molecule has 0 aliphatic rings. The number of methoxy groups -OCH3 is 2. The topological polar surface area (TPSA) is 73.6 Å². The lowest BCUT2D eigenvalue weighted by Crippen LogP contribution is -2.23. The van der Waals surface area contributed by atoms with Crippen molar-refractivity contribution < 1.29 is 14.3 Å². The summed E-state index contributed by atoms with van der Waals surface area (Å²) in [5.74, 6) is 1.41. The number of para-hydroxylation sites is 1. The van der Waals surface area contributed by atoms with Gasteiger partial charge in [-0.3, -0.25) is 4.79 Å². The SMILES string of the molecule is COc1ccc(CCC(=O)NCc2ccccc2OC)cc1N. The predicted molar refractivity (Wildman–Crippen MR) is 90.6 cm³/mol. The third-order valence-electron chi connectivity index (χ3n) is 3.60. The number of carbonyl (C=O) groups excluding carboxylic acids is 1. The Kier molecular flexibility index (Phi) is 5.86. The fourth-order valence-corrected chi connectivity index (χ4v) is 2.33. The molecule has 0 spiro atoms. The van der Waals surface area contributed by atoms with Crippen LogP contribution in [0.5, 0.6) is 11.5 Å². The van der Waals surface area contributed by atoms with Crippen LogP contribution in [0.4, 0.5) is 5.69 Å². The summed E-state index contributed by atoms with van der Waals surface area (Å²) in [4.78, 5) is 12.0. The zero-order chi connectivity index (χ0) is 16.7. The van der Waals surface area contributed by atoms with E-state index < -0.39 is 0 Å². The molecule has 0 unspecified atom stereocenters. The van der Waals surface area contributed by atoms with Gasteiger partial charge in [0.2, 0.25) is 5.91 Å². The van der Waals surface area contributed by atoms with Crippen molar-refractivity contribution in [2.75, 3.05) is 20.0 Å². The number of nitrogen functional groups attached to an aromatic ring is 1. The van der Waals surface area contributed by atoms with Gasteiger partial charge in [-0.1, -0.05) is 24.3 Å². The number of aryl methyl sites for hydroxylation is 1. The van der Waals surface area contributed by atoms with Gasteiger partial charge in [-0.2, -0.15) is 0 Å². The fraction of sp³-hybridized carbons (Fsp3) is 0.278. The smallest absolute Gasteiger partial charge is 0.220 e. The van der Waals surface area contributed by atoms with E-state index in [1.807, 2.05) is 42.5 Å². The zero-order valence-electron chi connectivity index (χ0n) is 13.5. The number of rotatable bonds is 7. The minimum atomic E-state index is -0.00899. The summed E-state index contributed by atoms with van der Waals surface area (Å²) in [6.07, 6.45) is 1.03. The molecule has 122 valence electrons. The highest BCUT2D eigenvalue weighted by Gasteiger charge is 2.07.